The molecule has 0 saturated carbocycles. The van der Waals surface area contributed by atoms with Gasteiger partial charge in [0.2, 0.25) is 0 Å². The van der Waals surface area contributed by atoms with E-state index in [0.717, 1.165) is 0 Å². The standard InChI is InChI=1S/C12H14Cl2N4O2S/c1-3-10-11(6-18(2)16-10)17-21(19,20)12-8(14)4-7(13)5-9(12)15/h4-6,17H,3,15H2,1-2H3. The molecule has 0 amide bonds. The Morgan fingerprint density at radius 2 is 2.05 bits per heavy atom. The molecule has 0 bridgehead atoms. The highest BCUT2D eigenvalue weighted by molar-refractivity contribution is 7.93. The molecular weight excluding hydrogens is 335 g/mol. The van der Waals surface area contributed by atoms with Gasteiger partial charge in [-0.25, -0.2) is 8.42 Å². The maximum Gasteiger partial charge on any atom is 0.265 e. The lowest BCUT2D eigenvalue weighted by Gasteiger charge is -2.11. The van der Waals surface area contributed by atoms with Crippen LogP contribution >= 0.6 is 23.2 Å². The number of nitrogen functional groups attached to an aromatic ring is 1. The van der Waals surface area contributed by atoms with Crippen molar-refractivity contribution < 1.29 is 8.42 Å². The summed E-state index contributed by atoms with van der Waals surface area (Å²) >= 11 is 11.8. The molecule has 6 nitrogen and oxygen atoms in total. The molecule has 2 rings (SSSR count). The predicted molar refractivity (Wildman–Crippen MR) is 84.3 cm³/mol. The van der Waals surface area contributed by atoms with Crippen molar-refractivity contribution in [2.24, 2.45) is 7.05 Å². The van der Waals surface area contributed by atoms with Crippen LogP contribution in [0.2, 0.25) is 10.0 Å². The number of halogens is 2. The minimum Gasteiger partial charge on any atom is -0.398 e. The zero-order valence-corrected chi connectivity index (χ0v) is 13.7. The quantitative estimate of drug-likeness (QED) is 0.831. The topological polar surface area (TPSA) is 90.0 Å². The summed E-state index contributed by atoms with van der Waals surface area (Å²) in [6, 6.07) is 2.67. The van der Waals surface area contributed by atoms with Crippen LogP contribution in [0.1, 0.15) is 12.6 Å². The normalized spacial score (nSPS) is 11.6. The van der Waals surface area contributed by atoms with E-state index >= 15 is 0 Å². The van der Waals surface area contributed by atoms with Gasteiger partial charge in [-0.1, -0.05) is 30.1 Å². The molecule has 2 aromatic rings. The van der Waals surface area contributed by atoms with Crippen molar-refractivity contribution in [3.63, 3.8) is 0 Å². The Morgan fingerprint density at radius 3 is 2.62 bits per heavy atom. The summed E-state index contributed by atoms with van der Waals surface area (Å²) in [6.45, 7) is 1.88. The van der Waals surface area contributed by atoms with Crippen LogP contribution in [0, 0.1) is 0 Å². The summed E-state index contributed by atoms with van der Waals surface area (Å²) in [5, 5.41) is 4.41. The fourth-order valence-corrected chi connectivity index (χ4v) is 4.00. The predicted octanol–water partition coefficient (Wildman–Crippen LogP) is 2.67. The van der Waals surface area contributed by atoms with Crippen LogP contribution in [-0.2, 0) is 23.5 Å². The lowest BCUT2D eigenvalue weighted by atomic mass is 10.3. The van der Waals surface area contributed by atoms with Gasteiger partial charge in [-0.3, -0.25) is 9.40 Å². The van der Waals surface area contributed by atoms with Crippen molar-refractivity contribution in [3.8, 4) is 0 Å². The number of aromatic nitrogens is 2. The molecule has 1 heterocycles. The minimum atomic E-state index is -3.93. The number of hydrogen-bond acceptors (Lipinski definition) is 4. The van der Waals surface area contributed by atoms with Crippen LogP contribution in [0.5, 0.6) is 0 Å². The molecule has 0 spiro atoms. The molecule has 0 fully saturated rings. The van der Waals surface area contributed by atoms with Crippen LogP contribution in [0.4, 0.5) is 11.4 Å². The highest BCUT2D eigenvalue weighted by Crippen LogP contribution is 2.32. The number of rotatable bonds is 4. The third-order valence-corrected chi connectivity index (χ3v) is 4.90. The molecule has 1 aromatic heterocycles. The highest BCUT2D eigenvalue weighted by Gasteiger charge is 2.23. The van der Waals surface area contributed by atoms with Gasteiger partial charge in [-0.05, 0) is 18.6 Å². The van der Waals surface area contributed by atoms with Gasteiger partial charge in [0.05, 0.1) is 22.1 Å². The fraction of sp³-hybridized carbons (Fsp3) is 0.250. The molecule has 0 radical (unpaired) electrons. The van der Waals surface area contributed by atoms with E-state index in [4.69, 9.17) is 28.9 Å². The number of nitrogens with two attached hydrogens (primary N) is 1. The zero-order valence-electron chi connectivity index (χ0n) is 11.4. The Labute approximate surface area is 132 Å². The van der Waals surface area contributed by atoms with E-state index in [1.165, 1.54) is 16.8 Å². The van der Waals surface area contributed by atoms with E-state index in [-0.39, 0.29) is 20.6 Å². The van der Waals surface area contributed by atoms with E-state index < -0.39 is 10.0 Å². The first-order chi connectivity index (χ1) is 9.74. The second-order valence-corrected chi connectivity index (χ2v) is 6.89. The van der Waals surface area contributed by atoms with Gasteiger partial charge in [0.25, 0.3) is 10.0 Å². The first-order valence-electron chi connectivity index (χ1n) is 6.04. The van der Waals surface area contributed by atoms with Crippen LogP contribution < -0.4 is 10.5 Å². The van der Waals surface area contributed by atoms with Crippen molar-refractivity contribution >= 4 is 44.6 Å². The number of aryl methyl sites for hydroxylation is 2. The molecule has 21 heavy (non-hydrogen) atoms. The first kappa shape index (κ1) is 15.9. The minimum absolute atomic E-state index is 0.0121. The first-order valence-corrected chi connectivity index (χ1v) is 8.28. The second-order valence-electron chi connectivity index (χ2n) is 4.43. The van der Waals surface area contributed by atoms with Gasteiger partial charge < -0.3 is 5.73 Å². The second kappa shape index (κ2) is 5.75. The van der Waals surface area contributed by atoms with Crippen molar-refractivity contribution in [2.45, 2.75) is 18.2 Å². The molecule has 0 atom stereocenters. The molecule has 0 aliphatic rings. The smallest absolute Gasteiger partial charge is 0.265 e. The number of nitrogens with one attached hydrogen (secondary N) is 1. The lowest BCUT2D eigenvalue weighted by molar-refractivity contribution is 0.601. The van der Waals surface area contributed by atoms with Gasteiger partial charge in [0.15, 0.2) is 0 Å². The van der Waals surface area contributed by atoms with Crippen LogP contribution in [-0.4, -0.2) is 18.2 Å². The number of nitrogens with zero attached hydrogens (tertiary/aromatic N) is 2. The average Bonchev–Trinajstić information content (AvgIpc) is 2.66. The van der Waals surface area contributed by atoms with Gasteiger partial charge >= 0.3 is 0 Å². The van der Waals surface area contributed by atoms with E-state index in [0.29, 0.717) is 17.8 Å². The molecule has 1 aromatic carbocycles. The molecule has 0 aliphatic heterocycles. The maximum atomic E-state index is 12.5. The number of sulfonamides is 1. The maximum absolute atomic E-state index is 12.5. The fourth-order valence-electron chi connectivity index (χ4n) is 1.94. The largest absolute Gasteiger partial charge is 0.398 e. The van der Waals surface area contributed by atoms with E-state index in [1.807, 2.05) is 6.92 Å². The lowest BCUT2D eigenvalue weighted by Crippen LogP contribution is -2.16. The van der Waals surface area contributed by atoms with Gasteiger partial charge in [-0.2, -0.15) is 5.10 Å². The summed E-state index contributed by atoms with van der Waals surface area (Å²) in [4.78, 5) is -0.195. The SMILES string of the molecule is CCc1nn(C)cc1NS(=O)(=O)c1c(N)cc(Cl)cc1Cl. The average molecular weight is 349 g/mol. The van der Waals surface area contributed by atoms with E-state index in [2.05, 4.69) is 9.82 Å². The third kappa shape index (κ3) is 3.25. The van der Waals surface area contributed by atoms with Crippen molar-refractivity contribution in [1.82, 2.24) is 9.78 Å². The molecule has 0 aliphatic carbocycles. The van der Waals surface area contributed by atoms with Gasteiger partial charge in [0, 0.05) is 18.3 Å². The Balaban J connectivity index is 2.48. The molecular formula is C12H14Cl2N4O2S. The Morgan fingerprint density at radius 1 is 1.38 bits per heavy atom. The molecule has 0 saturated heterocycles. The molecule has 0 unspecified atom stereocenters. The van der Waals surface area contributed by atoms with Crippen LogP contribution in [0.25, 0.3) is 0 Å². The summed E-state index contributed by atoms with van der Waals surface area (Å²) in [5.41, 5.74) is 6.74. The van der Waals surface area contributed by atoms with Gasteiger partial charge in [-0.15, -0.1) is 0 Å². The monoisotopic (exact) mass is 348 g/mol. The number of benzene rings is 1. The van der Waals surface area contributed by atoms with Crippen molar-refractivity contribution in [3.05, 3.63) is 34.1 Å². The van der Waals surface area contributed by atoms with Crippen molar-refractivity contribution in [1.29, 1.82) is 0 Å². The molecule has 114 valence electrons. The zero-order chi connectivity index (χ0) is 15.8. The number of hydrogen-bond donors (Lipinski definition) is 2. The number of anilines is 2. The van der Waals surface area contributed by atoms with E-state index in [1.54, 1.807) is 13.2 Å². The van der Waals surface area contributed by atoms with Gasteiger partial charge in [0.1, 0.15) is 4.90 Å². The summed E-state index contributed by atoms with van der Waals surface area (Å²) in [6.07, 6.45) is 2.17. The Bertz CT molecular complexity index is 764. The Kier molecular flexibility index (Phi) is 4.36. The molecule has 3 N–H and O–H groups in total. The van der Waals surface area contributed by atoms with Crippen LogP contribution in [0.3, 0.4) is 0 Å². The Hall–Kier alpha value is -1.44. The van der Waals surface area contributed by atoms with Crippen molar-refractivity contribution in [2.75, 3.05) is 10.5 Å². The molecule has 9 heteroatoms. The highest BCUT2D eigenvalue weighted by atomic mass is 35.5. The third-order valence-electron chi connectivity index (χ3n) is 2.79. The summed E-state index contributed by atoms with van der Waals surface area (Å²) in [5.74, 6) is 0. The van der Waals surface area contributed by atoms with E-state index in [9.17, 15) is 8.42 Å². The summed E-state index contributed by atoms with van der Waals surface area (Å²) < 4.78 is 28.9. The summed E-state index contributed by atoms with van der Waals surface area (Å²) in [7, 11) is -2.22. The van der Waals surface area contributed by atoms with Crippen LogP contribution in [0.15, 0.2) is 23.2 Å².